The highest BCUT2D eigenvalue weighted by Gasteiger charge is 2.54. The number of hydrogen-bond acceptors (Lipinski definition) is 6. The summed E-state index contributed by atoms with van der Waals surface area (Å²) in [7, 11) is 4.92. The number of ether oxygens (including phenoxy) is 4. The highest BCUT2D eigenvalue weighted by atomic mass is 16.5. The van der Waals surface area contributed by atoms with E-state index >= 15 is 0 Å². The lowest BCUT2D eigenvalue weighted by Gasteiger charge is -2.55. The normalized spacial score (nSPS) is 22.9. The number of rotatable bonds is 7. The van der Waals surface area contributed by atoms with Gasteiger partial charge in [-0.2, -0.15) is 0 Å². The Labute approximate surface area is 249 Å². The van der Waals surface area contributed by atoms with Gasteiger partial charge in [-0.3, -0.25) is 0 Å². The summed E-state index contributed by atoms with van der Waals surface area (Å²) < 4.78 is 23.5. The van der Waals surface area contributed by atoms with Gasteiger partial charge in [-0.05, 0) is 103 Å². The van der Waals surface area contributed by atoms with E-state index in [-0.39, 0.29) is 28.8 Å². The number of aromatic hydroxyl groups is 1. The fourth-order valence-electron chi connectivity index (χ4n) is 6.62. The smallest absolute Gasteiger partial charge is 0.165 e. The number of phenols is 1. The van der Waals surface area contributed by atoms with Gasteiger partial charge in [-0.25, -0.2) is 0 Å². The zero-order valence-corrected chi connectivity index (χ0v) is 25.7. The van der Waals surface area contributed by atoms with Gasteiger partial charge < -0.3 is 29.2 Å². The largest absolute Gasteiger partial charge is 0.507 e. The van der Waals surface area contributed by atoms with Crippen LogP contribution in [-0.2, 0) is 6.42 Å². The van der Waals surface area contributed by atoms with Crippen LogP contribution in [0.3, 0.4) is 0 Å². The molecule has 6 heteroatoms. The van der Waals surface area contributed by atoms with Crippen LogP contribution in [0.4, 0.5) is 0 Å². The Kier molecular flexibility index (Phi) is 8.04. The van der Waals surface area contributed by atoms with Crippen LogP contribution < -0.4 is 18.9 Å². The number of aliphatic hydroxyl groups is 1. The van der Waals surface area contributed by atoms with E-state index in [0.29, 0.717) is 17.1 Å². The Balaban J connectivity index is 1.43. The van der Waals surface area contributed by atoms with Crippen molar-refractivity contribution < 1.29 is 29.2 Å². The third-order valence-corrected chi connectivity index (χ3v) is 9.25. The third-order valence-electron chi connectivity index (χ3n) is 9.25. The SMILES string of the molecule is COc1cc(/C=C/c2c(O)cc(/C=C/c3cc4c(c(OC)c3)O[C@]3(C)CC[C@@H](O)C(C)(C)[C@H]3C4)cc2OC)ccc1C. The molecule has 1 saturated carbocycles. The number of fused-ring (bicyclic) bond motifs is 2. The van der Waals surface area contributed by atoms with Crippen LogP contribution in [0.2, 0.25) is 0 Å². The fraction of sp³-hybridized carbons (Fsp3) is 0.389. The monoisotopic (exact) mass is 570 g/mol. The van der Waals surface area contributed by atoms with Crippen LogP contribution in [-0.4, -0.2) is 43.2 Å². The van der Waals surface area contributed by atoms with Gasteiger partial charge in [0.1, 0.15) is 22.8 Å². The highest BCUT2D eigenvalue weighted by molar-refractivity contribution is 5.80. The first-order valence-corrected chi connectivity index (χ1v) is 14.5. The Morgan fingerprint density at radius 1 is 0.810 bits per heavy atom. The van der Waals surface area contributed by atoms with E-state index in [1.807, 2.05) is 61.6 Å². The van der Waals surface area contributed by atoms with Crippen molar-refractivity contribution in [1.82, 2.24) is 0 Å². The molecule has 0 bridgehead atoms. The molecular weight excluding hydrogens is 528 g/mol. The van der Waals surface area contributed by atoms with Crippen molar-refractivity contribution >= 4 is 24.3 Å². The molecule has 42 heavy (non-hydrogen) atoms. The summed E-state index contributed by atoms with van der Waals surface area (Å²) in [4.78, 5) is 0. The third kappa shape index (κ3) is 5.48. The van der Waals surface area contributed by atoms with Crippen molar-refractivity contribution in [2.45, 2.75) is 58.7 Å². The second kappa shape index (κ2) is 11.4. The molecule has 3 aromatic carbocycles. The zero-order valence-electron chi connectivity index (χ0n) is 25.7. The molecule has 6 nitrogen and oxygen atoms in total. The van der Waals surface area contributed by atoms with E-state index in [1.54, 1.807) is 27.4 Å². The van der Waals surface area contributed by atoms with Gasteiger partial charge in [0.25, 0.3) is 0 Å². The first kappa shape index (κ1) is 29.6. The van der Waals surface area contributed by atoms with Crippen molar-refractivity contribution in [3.63, 3.8) is 0 Å². The minimum Gasteiger partial charge on any atom is -0.507 e. The molecule has 1 aliphatic heterocycles. The predicted molar refractivity (Wildman–Crippen MR) is 168 cm³/mol. The summed E-state index contributed by atoms with van der Waals surface area (Å²) in [6, 6.07) is 13.7. The molecule has 0 aromatic heterocycles. The maximum Gasteiger partial charge on any atom is 0.165 e. The van der Waals surface area contributed by atoms with Gasteiger partial charge in [0, 0.05) is 5.92 Å². The number of aryl methyl sites for hydroxylation is 1. The van der Waals surface area contributed by atoms with Crippen molar-refractivity contribution in [3.05, 3.63) is 75.8 Å². The van der Waals surface area contributed by atoms with Gasteiger partial charge >= 0.3 is 0 Å². The topological polar surface area (TPSA) is 77.4 Å². The van der Waals surface area contributed by atoms with Crippen molar-refractivity contribution in [2.75, 3.05) is 21.3 Å². The maximum absolute atomic E-state index is 10.9. The minimum absolute atomic E-state index is 0.123. The Morgan fingerprint density at radius 2 is 1.43 bits per heavy atom. The molecule has 5 rings (SSSR count). The van der Waals surface area contributed by atoms with Gasteiger partial charge in [-0.1, -0.05) is 44.2 Å². The summed E-state index contributed by atoms with van der Waals surface area (Å²) in [5.41, 5.74) is 4.84. The Morgan fingerprint density at radius 3 is 2.12 bits per heavy atom. The van der Waals surface area contributed by atoms with Crippen LogP contribution in [0.25, 0.3) is 24.3 Å². The summed E-state index contributed by atoms with van der Waals surface area (Å²) in [6.45, 7) is 8.45. The molecule has 1 heterocycles. The Hall–Kier alpha value is -3.90. The lowest BCUT2D eigenvalue weighted by Crippen LogP contribution is -2.58. The van der Waals surface area contributed by atoms with Gasteiger partial charge in [0.15, 0.2) is 11.5 Å². The Bertz CT molecular complexity index is 1530. The van der Waals surface area contributed by atoms with Crippen LogP contribution in [0, 0.1) is 18.3 Å². The summed E-state index contributed by atoms with van der Waals surface area (Å²) >= 11 is 0. The van der Waals surface area contributed by atoms with Crippen LogP contribution in [0.15, 0.2) is 42.5 Å². The molecule has 1 fully saturated rings. The quantitative estimate of drug-likeness (QED) is 0.286. The van der Waals surface area contributed by atoms with Gasteiger partial charge in [-0.15, -0.1) is 0 Å². The molecule has 0 saturated heterocycles. The molecular formula is C36H42O6. The summed E-state index contributed by atoms with van der Waals surface area (Å²) in [5, 5.41) is 21.7. The number of aliphatic hydroxyl groups excluding tert-OH is 1. The summed E-state index contributed by atoms with van der Waals surface area (Å²) in [5.74, 6) is 3.17. The van der Waals surface area contributed by atoms with Gasteiger partial charge in [0.2, 0.25) is 0 Å². The van der Waals surface area contributed by atoms with E-state index in [4.69, 9.17) is 18.9 Å². The molecule has 2 N–H and O–H groups in total. The van der Waals surface area contributed by atoms with E-state index in [1.165, 1.54) is 0 Å². The van der Waals surface area contributed by atoms with E-state index in [9.17, 15) is 10.2 Å². The first-order valence-electron chi connectivity index (χ1n) is 14.5. The number of phenolic OH excluding ortho intramolecular Hbond substituents is 1. The lowest BCUT2D eigenvalue weighted by molar-refractivity contribution is -0.138. The molecule has 0 radical (unpaired) electrons. The van der Waals surface area contributed by atoms with Crippen LogP contribution >= 0.6 is 0 Å². The van der Waals surface area contributed by atoms with Gasteiger partial charge in [0.05, 0.1) is 33.0 Å². The highest BCUT2D eigenvalue weighted by Crippen LogP contribution is 2.55. The molecule has 3 atom stereocenters. The molecule has 0 spiro atoms. The average molecular weight is 571 g/mol. The molecule has 222 valence electrons. The van der Waals surface area contributed by atoms with E-state index < -0.39 is 0 Å². The van der Waals surface area contributed by atoms with Crippen molar-refractivity contribution in [3.8, 4) is 28.7 Å². The fourth-order valence-corrected chi connectivity index (χ4v) is 6.62. The standard InChI is InChI=1S/C36H42O6/c1-22-8-9-23(18-29(22)39-5)12-13-27-28(37)17-25(19-30(27)40-6)11-10-24-16-26-21-32-35(2,3)33(38)14-15-36(32,4)42-34(26)31(20-24)41-7/h8-13,16-20,32-33,37-38H,14-15,21H2,1-7H3/b11-10+,13-12+/t32-,33-,36-/m1/s1. The second-order valence-electron chi connectivity index (χ2n) is 12.3. The zero-order chi connectivity index (χ0) is 30.2. The van der Waals surface area contributed by atoms with Crippen LogP contribution in [0.1, 0.15) is 67.0 Å². The van der Waals surface area contributed by atoms with Crippen molar-refractivity contribution in [1.29, 1.82) is 0 Å². The molecule has 3 aromatic rings. The van der Waals surface area contributed by atoms with E-state index in [2.05, 4.69) is 26.8 Å². The predicted octanol–water partition coefficient (Wildman–Crippen LogP) is 7.56. The molecule has 0 unspecified atom stereocenters. The maximum atomic E-state index is 10.9. The first-order chi connectivity index (χ1) is 20.0. The number of benzene rings is 3. The average Bonchev–Trinajstić information content (AvgIpc) is 2.97. The second-order valence-corrected chi connectivity index (χ2v) is 12.3. The number of hydrogen-bond donors (Lipinski definition) is 2. The molecule has 2 aliphatic rings. The lowest BCUT2D eigenvalue weighted by atomic mass is 9.57. The van der Waals surface area contributed by atoms with Crippen molar-refractivity contribution in [2.24, 2.45) is 11.3 Å². The number of methoxy groups -OCH3 is 3. The molecule has 1 aliphatic carbocycles. The minimum atomic E-state index is -0.356. The molecule has 0 amide bonds. The van der Waals surface area contributed by atoms with E-state index in [0.717, 1.165) is 58.6 Å². The summed E-state index contributed by atoms with van der Waals surface area (Å²) in [6.07, 6.45) is 9.70. The van der Waals surface area contributed by atoms with Crippen LogP contribution in [0.5, 0.6) is 28.7 Å².